The van der Waals surface area contributed by atoms with E-state index in [0.29, 0.717) is 41.9 Å². The molecule has 0 bridgehead atoms. The van der Waals surface area contributed by atoms with E-state index < -0.39 is 54.1 Å². The molecule has 0 unspecified atom stereocenters. The van der Waals surface area contributed by atoms with Crippen molar-refractivity contribution < 1.29 is 58.3 Å². The number of hydrogen-bond acceptors (Lipinski definition) is 10. The Labute approximate surface area is 306 Å². The number of rotatable bonds is 26. The van der Waals surface area contributed by atoms with E-state index >= 15 is 0 Å². The lowest BCUT2D eigenvalue weighted by Crippen LogP contribution is -2.57. The van der Waals surface area contributed by atoms with Gasteiger partial charge in [-0.25, -0.2) is 14.5 Å². The number of hydrogen-bond donors (Lipinski definition) is 3. The number of amides is 2. The Balaban J connectivity index is 3.25. The second-order valence-electron chi connectivity index (χ2n) is 12.4. The third-order valence-corrected chi connectivity index (χ3v) is 8.15. The summed E-state index contributed by atoms with van der Waals surface area (Å²) in [6.07, 6.45) is 7.54. The summed E-state index contributed by atoms with van der Waals surface area (Å²) in [4.78, 5) is 76.4. The molecule has 13 heteroatoms. The highest BCUT2D eigenvalue weighted by Gasteiger charge is 2.52. The van der Waals surface area contributed by atoms with Crippen molar-refractivity contribution in [3.8, 4) is 17.6 Å². The van der Waals surface area contributed by atoms with Gasteiger partial charge in [-0.15, -0.1) is 5.92 Å². The van der Waals surface area contributed by atoms with Gasteiger partial charge in [0.15, 0.2) is 11.8 Å². The van der Waals surface area contributed by atoms with Crippen LogP contribution in [-0.2, 0) is 39.9 Å². The number of imide groups is 1. The summed E-state index contributed by atoms with van der Waals surface area (Å²) >= 11 is 0. The molecule has 0 aliphatic rings. The minimum atomic E-state index is -3.19. The van der Waals surface area contributed by atoms with Crippen molar-refractivity contribution in [2.75, 3.05) is 13.2 Å². The van der Waals surface area contributed by atoms with Gasteiger partial charge < -0.3 is 29.5 Å². The van der Waals surface area contributed by atoms with Gasteiger partial charge in [0.2, 0.25) is 5.91 Å². The summed E-state index contributed by atoms with van der Waals surface area (Å²) in [5.74, 6) is -1.87. The largest absolute Gasteiger partial charge is 0.481 e. The van der Waals surface area contributed by atoms with E-state index in [-0.39, 0.29) is 25.4 Å². The van der Waals surface area contributed by atoms with Gasteiger partial charge in [0.1, 0.15) is 18.1 Å². The number of carboxylic acid groups (broad SMARTS) is 2. The van der Waals surface area contributed by atoms with E-state index in [1.807, 2.05) is 0 Å². The fraction of sp³-hybridized carbons (Fsp3) is 0.590. The smallest absolute Gasteiger partial charge is 0.419 e. The lowest BCUT2D eigenvalue weighted by atomic mass is 9.82. The standard InChI is InChI=1S/C39H55NO12/c1-5-8-10-13-16-19-31(42)20-17-14-11-12-15-18-21-33(39(49,37(46)47)28-35(43)44)36(45)40(38(48)50-7-3)34(52-29(4)41)27-30-22-24-32(25-23-30)51-26-9-6-2/h18,21-25,33-34,49H,5,7-8,10-17,19-20,26-28H2,1-4H3,(H,43,44)(H,46,47)/t33-,34+,39+/m1/s1. The molecule has 0 aliphatic carbocycles. The maximum atomic E-state index is 14.2. The molecular formula is C39H55NO12. The molecule has 13 nitrogen and oxygen atoms in total. The summed E-state index contributed by atoms with van der Waals surface area (Å²) in [6, 6.07) is 6.39. The number of carbonyl (C=O) groups is 6. The Morgan fingerprint density at radius 1 is 0.904 bits per heavy atom. The maximum absolute atomic E-state index is 14.2. The van der Waals surface area contributed by atoms with E-state index in [1.165, 1.54) is 19.4 Å². The van der Waals surface area contributed by atoms with Crippen molar-refractivity contribution in [3.05, 3.63) is 42.0 Å². The van der Waals surface area contributed by atoms with Gasteiger partial charge in [0.05, 0.1) is 18.9 Å². The van der Waals surface area contributed by atoms with E-state index in [4.69, 9.17) is 14.2 Å². The van der Waals surface area contributed by atoms with Crippen LogP contribution in [0.15, 0.2) is 36.4 Å². The molecule has 0 saturated heterocycles. The molecule has 0 aromatic heterocycles. The van der Waals surface area contributed by atoms with Crippen molar-refractivity contribution in [1.82, 2.24) is 4.90 Å². The molecule has 0 saturated carbocycles. The third-order valence-electron chi connectivity index (χ3n) is 8.15. The molecule has 52 heavy (non-hydrogen) atoms. The molecule has 2 amide bonds. The maximum Gasteiger partial charge on any atom is 0.419 e. The average molecular weight is 730 g/mol. The highest BCUT2D eigenvalue weighted by atomic mass is 16.6. The summed E-state index contributed by atoms with van der Waals surface area (Å²) in [5.41, 5.74) is -2.72. The quantitative estimate of drug-likeness (QED) is 0.0320. The number of Topliss-reactive ketones (excluding diaryl/α,β-unsaturated/α-hetero) is 1. The predicted octanol–water partition coefficient (Wildman–Crippen LogP) is 6.24. The molecule has 3 atom stereocenters. The van der Waals surface area contributed by atoms with Crippen molar-refractivity contribution in [3.63, 3.8) is 0 Å². The number of carbonyl (C=O) groups excluding carboxylic acids is 4. The van der Waals surface area contributed by atoms with Crippen LogP contribution in [0, 0.1) is 17.8 Å². The lowest BCUT2D eigenvalue weighted by molar-refractivity contribution is -0.177. The number of aliphatic hydroxyl groups is 1. The highest BCUT2D eigenvalue weighted by Crippen LogP contribution is 2.29. The van der Waals surface area contributed by atoms with Crippen molar-refractivity contribution >= 4 is 35.7 Å². The predicted molar refractivity (Wildman–Crippen MR) is 192 cm³/mol. The Bertz CT molecular complexity index is 1390. The molecule has 1 aromatic carbocycles. The first-order valence-electron chi connectivity index (χ1n) is 17.9. The van der Waals surface area contributed by atoms with Crippen LogP contribution in [0.3, 0.4) is 0 Å². The van der Waals surface area contributed by atoms with E-state index in [0.717, 1.165) is 57.9 Å². The van der Waals surface area contributed by atoms with Crippen LogP contribution in [0.25, 0.3) is 0 Å². The minimum absolute atomic E-state index is 0.148. The van der Waals surface area contributed by atoms with Crippen LogP contribution in [0.4, 0.5) is 4.79 Å². The molecule has 0 spiro atoms. The van der Waals surface area contributed by atoms with Gasteiger partial charge in [0.25, 0.3) is 0 Å². The molecule has 0 radical (unpaired) electrons. The topological polar surface area (TPSA) is 194 Å². The summed E-state index contributed by atoms with van der Waals surface area (Å²) in [7, 11) is 0. The molecule has 1 aromatic rings. The minimum Gasteiger partial charge on any atom is -0.481 e. The van der Waals surface area contributed by atoms with Crippen molar-refractivity contribution in [1.29, 1.82) is 0 Å². The Morgan fingerprint density at radius 3 is 2.06 bits per heavy atom. The summed E-state index contributed by atoms with van der Waals surface area (Å²) in [5, 5.41) is 30.8. The fourth-order valence-corrected chi connectivity index (χ4v) is 5.40. The third kappa shape index (κ3) is 17.0. The van der Waals surface area contributed by atoms with Gasteiger partial charge in [-0.1, -0.05) is 75.7 Å². The van der Waals surface area contributed by atoms with Gasteiger partial charge in [0, 0.05) is 26.2 Å². The molecule has 288 valence electrons. The molecule has 1 rings (SSSR count). The number of unbranched alkanes of at least 4 members (excludes halogenated alkanes) is 8. The molecule has 0 aliphatic heterocycles. The molecule has 3 N–H and O–H groups in total. The van der Waals surface area contributed by atoms with Gasteiger partial charge in [-0.3, -0.25) is 19.2 Å². The number of carboxylic acids is 2. The Morgan fingerprint density at radius 2 is 1.52 bits per heavy atom. The monoisotopic (exact) mass is 729 g/mol. The van der Waals surface area contributed by atoms with Crippen molar-refractivity contribution in [2.45, 2.75) is 129 Å². The van der Waals surface area contributed by atoms with E-state index in [2.05, 4.69) is 18.8 Å². The van der Waals surface area contributed by atoms with Crippen LogP contribution in [-0.4, -0.2) is 81.0 Å². The van der Waals surface area contributed by atoms with Crippen LogP contribution >= 0.6 is 0 Å². The average Bonchev–Trinajstić information content (AvgIpc) is 3.07. The zero-order chi connectivity index (χ0) is 38.9. The first-order valence-corrected chi connectivity index (χ1v) is 17.9. The number of allylic oxidation sites excluding steroid dienone is 1. The summed E-state index contributed by atoms with van der Waals surface area (Å²) in [6.45, 7) is 6.25. The fourth-order valence-electron chi connectivity index (χ4n) is 5.40. The van der Waals surface area contributed by atoms with Gasteiger partial charge in [-0.05, 0) is 57.2 Å². The van der Waals surface area contributed by atoms with Gasteiger partial charge in [-0.2, -0.15) is 0 Å². The van der Waals surface area contributed by atoms with Crippen LogP contribution in [0.5, 0.6) is 5.75 Å². The van der Waals surface area contributed by atoms with E-state index in [9.17, 15) is 44.1 Å². The van der Waals surface area contributed by atoms with Gasteiger partial charge >= 0.3 is 24.0 Å². The SMILES string of the molecule is CC#CCOc1ccc(C[C@H](OC(C)=O)N(C(=O)OCC)C(=O)[C@@H](C=CCCCCCCC(=O)CCCCCCC)[C@@](O)(CC(=O)O)C(=O)O)cc1. The molecule has 0 heterocycles. The Kier molecular flexibility index (Phi) is 22.0. The second-order valence-corrected chi connectivity index (χ2v) is 12.4. The molecular weight excluding hydrogens is 674 g/mol. The highest BCUT2D eigenvalue weighted by molar-refractivity contribution is 5.99. The first kappa shape index (κ1) is 45.3. The second kappa shape index (κ2) is 25.3. The Hall–Kier alpha value is -4.70. The summed E-state index contributed by atoms with van der Waals surface area (Å²) < 4.78 is 16.0. The lowest BCUT2D eigenvalue weighted by Gasteiger charge is -2.35. The number of esters is 1. The zero-order valence-corrected chi connectivity index (χ0v) is 30.9. The zero-order valence-electron chi connectivity index (χ0n) is 30.9. The number of benzene rings is 1. The van der Waals surface area contributed by atoms with Crippen LogP contribution in [0.1, 0.15) is 117 Å². The normalized spacial score (nSPS) is 13.2. The number of ketones is 1. The van der Waals surface area contributed by atoms with Crippen LogP contribution < -0.4 is 4.74 Å². The van der Waals surface area contributed by atoms with E-state index in [1.54, 1.807) is 31.2 Å². The molecule has 0 fully saturated rings. The first-order chi connectivity index (χ1) is 24.8. The number of aliphatic carboxylic acids is 2. The van der Waals surface area contributed by atoms with Crippen molar-refractivity contribution in [2.24, 2.45) is 5.92 Å². The number of nitrogens with zero attached hydrogens (tertiary/aromatic N) is 1. The van der Waals surface area contributed by atoms with Crippen LogP contribution in [0.2, 0.25) is 0 Å². The number of ether oxygens (including phenoxy) is 3.